The van der Waals surface area contributed by atoms with Gasteiger partial charge in [-0.15, -0.1) is 0 Å². The van der Waals surface area contributed by atoms with Gasteiger partial charge in [-0.3, -0.25) is 0 Å². The van der Waals surface area contributed by atoms with Crippen molar-refractivity contribution in [1.29, 1.82) is 0 Å². The molecule has 1 aromatic heterocycles. The molecule has 5 aromatic rings. The van der Waals surface area contributed by atoms with Crippen LogP contribution in [0.1, 0.15) is 67.3 Å². The predicted octanol–water partition coefficient (Wildman–Crippen LogP) is 10.4. The van der Waals surface area contributed by atoms with E-state index in [1.165, 1.54) is 22.3 Å². The molecule has 0 saturated carbocycles. The van der Waals surface area contributed by atoms with Gasteiger partial charge in [-0.05, 0) is 96.5 Å². The third-order valence-electron chi connectivity index (χ3n) is 7.44. The van der Waals surface area contributed by atoms with Crippen molar-refractivity contribution < 1.29 is 0 Å². The predicted molar refractivity (Wildman–Crippen MR) is 182 cm³/mol. The molecule has 2 heteroatoms. The summed E-state index contributed by atoms with van der Waals surface area (Å²) in [7, 11) is 0. The van der Waals surface area contributed by atoms with Crippen LogP contribution in [-0.2, 0) is 0 Å². The first-order valence-corrected chi connectivity index (χ1v) is 14.3. The number of aromatic nitrogens is 2. The van der Waals surface area contributed by atoms with Crippen LogP contribution in [0.4, 0.5) is 0 Å². The number of hydrogen-bond acceptors (Lipinski definition) is 2. The van der Waals surface area contributed by atoms with Crippen LogP contribution in [0.15, 0.2) is 97.1 Å². The maximum absolute atomic E-state index is 5.19. The van der Waals surface area contributed by atoms with Gasteiger partial charge < -0.3 is 0 Å². The molecule has 5 rings (SSSR count). The highest BCUT2D eigenvalue weighted by atomic mass is 14.8. The monoisotopic (exact) mass is 544 g/mol. The Morgan fingerprint density at radius 1 is 0.310 bits per heavy atom. The van der Waals surface area contributed by atoms with Gasteiger partial charge in [-0.1, -0.05) is 121 Å². The quantitative estimate of drug-likeness (QED) is 0.194. The van der Waals surface area contributed by atoms with E-state index in [0.29, 0.717) is 0 Å². The summed E-state index contributed by atoms with van der Waals surface area (Å²) in [4.78, 5) is 10.4. The van der Waals surface area contributed by atoms with Gasteiger partial charge in [0, 0.05) is 0 Å². The molecule has 0 fully saturated rings. The van der Waals surface area contributed by atoms with Gasteiger partial charge in [0.15, 0.2) is 0 Å². The minimum atomic E-state index is 0.820. The first-order valence-electron chi connectivity index (χ1n) is 14.3. The zero-order valence-corrected chi connectivity index (χ0v) is 24.8. The Labute approximate surface area is 250 Å². The van der Waals surface area contributed by atoms with Crippen LogP contribution in [-0.4, -0.2) is 9.97 Å². The second-order valence-corrected chi connectivity index (χ2v) is 10.5. The molecule has 0 N–H and O–H groups in total. The molecule has 1 heterocycles. The van der Waals surface area contributed by atoms with Crippen molar-refractivity contribution in [2.45, 2.75) is 27.7 Å². The Balaban J connectivity index is 1.66. The van der Waals surface area contributed by atoms with E-state index in [9.17, 15) is 0 Å². The van der Waals surface area contributed by atoms with Gasteiger partial charge in [0.1, 0.15) is 0 Å². The number of nitrogens with zero attached hydrogens (tertiary/aromatic N) is 2. The summed E-state index contributed by atoms with van der Waals surface area (Å²) in [5.41, 5.74) is 12.8. The number of rotatable bonds is 8. The molecule has 42 heavy (non-hydrogen) atoms. The van der Waals surface area contributed by atoms with E-state index < -0.39 is 0 Å². The Morgan fingerprint density at radius 2 is 0.524 bits per heavy atom. The SMILES string of the molecule is Cc1ccccc1/C=C/c1nc(/C=C/c2ccccc2C)c(/C=C/c2ccccc2C)nc1/C=C/c1ccccc1C. The van der Waals surface area contributed by atoms with Crippen molar-refractivity contribution in [3.63, 3.8) is 0 Å². The second-order valence-electron chi connectivity index (χ2n) is 10.5. The fourth-order valence-corrected chi connectivity index (χ4v) is 4.75. The van der Waals surface area contributed by atoms with Crippen LogP contribution < -0.4 is 0 Å². The number of aryl methyl sites for hydroxylation is 4. The van der Waals surface area contributed by atoms with Gasteiger partial charge in [0.2, 0.25) is 0 Å². The van der Waals surface area contributed by atoms with E-state index in [-0.39, 0.29) is 0 Å². The van der Waals surface area contributed by atoms with E-state index in [2.05, 4.69) is 173 Å². The summed E-state index contributed by atoms with van der Waals surface area (Å²) in [6.45, 7) is 8.50. The van der Waals surface area contributed by atoms with Crippen LogP contribution >= 0.6 is 0 Å². The molecule has 4 aromatic carbocycles. The highest BCUT2D eigenvalue weighted by Crippen LogP contribution is 2.22. The average molecular weight is 545 g/mol. The van der Waals surface area contributed by atoms with Crippen molar-refractivity contribution in [3.05, 3.63) is 164 Å². The Hall–Kier alpha value is -5.08. The first-order chi connectivity index (χ1) is 20.5. The summed E-state index contributed by atoms with van der Waals surface area (Å²) >= 11 is 0. The number of benzene rings is 4. The lowest BCUT2D eigenvalue weighted by atomic mass is 10.1. The number of hydrogen-bond donors (Lipinski definition) is 0. The molecular weight excluding hydrogens is 508 g/mol. The standard InChI is InChI=1S/C40H36N2/c1-29-13-5-9-17-33(29)21-25-37-38(26-22-34-18-10-6-14-30(34)2)42-40(28-24-36-20-12-8-16-32(36)4)39(41-37)27-23-35-19-11-7-15-31(35)3/h5-28H,1-4H3/b25-21+,26-22+,27-23+,28-24+. The largest absolute Gasteiger partial charge is 0.245 e. The van der Waals surface area contributed by atoms with E-state index in [4.69, 9.17) is 9.97 Å². The van der Waals surface area contributed by atoms with Gasteiger partial charge in [0.05, 0.1) is 22.8 Å². The minimum Gasteiger partial charge on any atom is -0.245 e. The molecule has 0 unspecified atom stereocenters. The minimum absolute atomic E-state index is 0.820. The summed E-state index contributed by atoms with van der Waals surface area (Å²) in [5.74, 6) is 0. The zero-order valence-electron chi connectivity index (χ0n) is 24.8. The molecule has 206 valence electrons. The van der Waals surface area contributed by atoms with Crippen molar-refractivity contribution >= 4 is 48.6 Å². The van der Waals surface area contributed by atoms with Crippen LogP contribution in [0.5, 0.6) is 0 Å². The maximum Gasteiger partial charge on any atom is 0.0894 e. The summed E-state index contributed by atoms with van der Waals surface area (Å²) in [6.07, 6.45) is 16.8. The molecule has 0 amide bonds. The third kappa shape index (κ3) is 7.16. The topological polar surface area (TPSA) is 25.8 Å². The fourth-order valence-electron chi connectivity index (χ4n) is 4.75. The van der Waals surface area contributed by atoms with Crippen molar-refractivity contribution in [2.75, 3.05) is 0 Å². The lowest BCUT2D eigenvalue weighted by Gasteiger charge is -2.08. The van der Waals surface area contributed by atoms with Gasteiger partial charge in [0.25, 0.3) is 0 Å². The van der Waals surface area contributed by atoms with Gasteiger partial charge in [-0.25, -0.2) is 9.97 Å². The molecule has 0 bridgehead atoms. The molecular formula is C40H36N2. The lowest BCUT2D eigenvalue weighted by molar-refractivity contribution is 1.12. The molecule has 0 aliphatic heterocycles. The van der Waals surface area contributed by atoms with Crippen molar-refractivity contribution in [1.82, 2.24) is 9.97 Å². The molecule has 0 saturated heterocycles. The van der Waals surface area contributed by atoms with E-state index >= 15 is 0 Å². The fraction of sp³-hybridized carbons (Fsp3) is 0.100. The summed E-state index contributed by atoms with van der Waals surface area (Å²) in [6, 6.07) is 33.5. The molecule has 2 nitrogen and oxygen atoms in total. The molecule has 0 radical (unpaired) electrons. The highest BCUT2D eigenvalue weighted by molar-refractivity contribution is 5.82. The van der Waals surface area contributed by atoms with Crippen LogP contribution in [0, 0.1) is 27.7 Å². The zero-order chi connectivity index (χ0) is 29.3. The Kier molecular flexibility index (Phi) is 9.16. The van der Waals surface area contributed by atoms with Crippen LogP contribution in [0.25, 0.3) is 48.6 Å². The lowest BCUT2D eigenvalue weighted by Crippen LogP contribution is -2.00. The van der Waals surface area contributed by atoms with Gasteiger partial charge in [-0.2, -0.15) is 0 Å². The smallest absolute Gasteiger partial charge is 0.0894 e. The van der Waals surface area contributed by atoms with Crippen molar-refractivity contribution in [3.8, 4) is 0 Å². The normalized spacial score (nSPS) is 11.9. The van der Waals surface area contributed by atoms with Crippen LogP contribution in [0.2, 0.25) is 0 Å². The highest BCUT2D eigenvalue weighted by Gasteiger charge is 2.09. The summed E-state index contributed by atoms with van der Waals surface area (Å²) in [5, 5.41) is 0. The van der Waals surface area contributed by atoms with E-state index in [0.717, 1.165) is 45.0 Å². The maximum atomic E-state index is 5.19. The molecule has 0 aliphatic carbocycles. The third-order valence-corrected chi connectivity index (χ3v) is 7.44. The van der Waals surface area contributed by atoms with Gasteiger partial charge >= 0.3 is 0 Å². The van der Waals surface area contributed by atoms with E-state index in [1.54, 1.807) is 0 Å². The Morgan fingerprint density at radius 3 is 0.738 bits per heavy atom. The average Bonchev–Trinajstić information content (AvgIpc) is 3.00. The Bertz CT molecular complexity index is 1550. The first kappa shape index (κ1) is 28.4. The molecule has 0 aliphatic rings. The van der Waals surface area contributed by atoms with Crippen LogP contribution in [0.3, 0.4) is 0 Å². The molecule has 0 atom stereocenters. The van der Waals surface area contributed by atoms with E-state index in [1.807, 2.05) is 0 Å². The summed E-state index contributed by atoms with van der Waals surface area (Å²) < 4.78 is 0. The molecule has 0 spiro atoms. The van der Waals surface area contributed by atoms with Crippen molar-refractivity contribution in [2.24, 2.45) is 0 Å². The second kappa shape index (κ2) is 13.5.